The molecule has 0 saturated heterocycles. The van der Waals surface area contributed by atoms with Crippen LogP contribution in [0.3, 0.4) is 0 Å². The van der Waals surface area contributed by atoms with Crippen LogP contribution in [0.25, 0.3) is 0 Å². The van der Waals surface area contributed by atoms with E-state index in [1.54, 1.807) is 0 Å². The normalized spacial score (nSPS) is 32.3. The van der Waals surface area contributed by atoms with E-state index in [9.17, 15) is 0 Å². The lowest BCUT2D eigenvalue weighted by atomic mass is 9.76. The van der Waals surface area contributed by atoms with E-state index in [2.05, 4.69) is 19.6 Å². The molecule has 0 amide bonds. The lowest BCUT2D eigenvalue weighted by molar-refractivity contribution is -0.0392. The lowest BCUT2D eigenvalue weighted by Gasteiger charge is -2.38. The number of hydrogen-bond donors (Lipinski definition) is 1. The van der Waals surface area contributed by atoms with Crippen LogP contribution in [0, 0.1) is 11.3 Å². The van der Waals surface area contributed by atoms with E-state index in [1.807, 2.05) is 0 Å². The summed E-state index contributed by atoms with van der Waals surface area (Å²) in [5.41, 5.74) is 0.403. The second kappa shape index (κ2) is 7.19. The van der Waals surface area contributed by atoms with Crippen molar-refractivity contribution in [3.05, 3.63) is 0 Å². The molecular weight excluding hydrogens is 240 g/mol. The average Bonchev–Trinajstić information content (AvgIpc) is 2.46. The van der Waals surface area contributed by atoms with Crippen molar-refractivity contribution < 1.29 is 4.74 Å². The summed E-state index contributed by atoms with van der Waals surface area (Å²) in [5.74, 6) is 1.93. The molecule has 0 bridgehead atoms. The van der Waals surface area contributed by atoms with Gasteiger partial charge in [0.05, 0.1) is 12.7 Å². The van der Waals surface area contributed by atoms with E-state index >= 15 is 0 Å². The Balaban J connectivity index is 1.78. The van der Waals surface area contributed by atoms with Crippen molar-refractivity contribution in [1.29, 1.82) is 0 Å². The number of rotatable bonds is 5. The fourth-order valence-corrected chi connectivity index (χ4v) is 4.12. The van der Waals surface area contributed by atoms with Gasteiger partial charge in [0.2, 0.25) is 0 Å². The molecule has 2 fully saturated rings. The molecule has 0 aliphatic heterocycles. The lowest BCUT2D eigenvalue weighted by Crippen LogP contribution is -2.34. The van der Waals surface area contributed by atoms with Crippen molar-refractivity contribution in [2.24, 2.45) is 11.3 Å². The van der Waals surface area contributed by atoms with Gasteiger partial charge in [-0.3, -0.25) is 0 Å². The first-order valence-corrected chi connectivity index (χ1v) is 8.64. The minimum atomic E-state index is 0.403. The molecule has 0 aromatic carbocycles. The summed E-state index contributed by atoms with van der Waals surface area (Å²) in [7, 11) is 0. The Morgan fingerprint density at radius 3 is 2.56 bits per heavy atom. The van der Waals surface area contributed by atoms with Crippen LogP contribution in [0.2, 0.25) is 0 Å². The van der Waals surface area contributed by atoms with Gasteiger partial charge in [0.1, 0.15) is 0 Å². The molecular formula is C16H30OS. The van der Waals surface area contributed by atoms with Crippen molar-refractivity contribution in [3.8, 4) is 0 Å². The smallest absolute Gasteiger partial charge is 0.0578 e. The van der Waals surface area contributed by atoms with Crippen molar-refractivity contribution in [2.45, 2.75) is 77.2 Å². The zero-order valence-corrected chi connectivity index (χ0v) is 12.9. The highest BCUT2D eigenvalue weighted by Crippen LogP contribution is 2.38. The third-order valence-corrected chi connectivity index (χ3v) is 5.86. The monoisotopic (exact) mass is 270 g/mol. The minimum absolute atomic E-state index is 0.403. The number of thiol groups is 1. The highest BCUT2D eigenvalue weighted by molar-refractivity contribution is 7.80. The van der Waals surface area contributed by atoms with Gasteiger partial charge in [-0.15, -0.1) is 0 Å². The summed E-state index contributed by atoms with van der Waals surface area (Å²) in [5, 5.41) is 0. The Bertz CT molecular complexity index is 235. The third kappa shape index (κ3) is 3.90. The molecule has 2 aliphatic carbocycles. The Morgan fingerprint density at radius 1 is 1.11 bits per heavy atom. The molecule has 0 heterocycles. The zero-order chi connectivity index (χ0) is 12.8. The van der Waals surface area contributed by atoms with Crippen LogP contribution in [0.1, 0.15) is 71.1 Å². The molecule has 2 rings (SSSR count). The summed E-state index contributed by atoms with van der Waals surface area (Å²) in [4.78, 5) is 0. The van der Waals surface area contributed by atoms with E-state index in [0.717, 1.165) is 18.3 Å². The second-order valence-electron chi connectivity index (χ2n) is 6.59. The fourth-order valence-electron chi connectivity index (χ4n) is 3.71. The predicted octanol–water partition coefficient (Wildman–Crippen LogP) is 4.85. The highest BCUT2D eigenvalue weighted by Gasteiger charge is 2.32. The minimum Gasteiger partial charge on any atom is -0.378 e. The molecule has 2 heteroatoms. The van der Waals surface area contributed by atoms with E-state index in [4.69, 9.17) is 4.74 Å². The standard InChI is InChI=1S/C16H30OS/c1-2-14-7-6-8-15(11-14)17-12-16(13-18)9-4-3-5-10-16/h14-15,18H,2-13H2,1H3. The maximum atomic E-state index is 6.30. The summed E-state index contributed by atoms with van der Waals surface area (Å²) >= 11 is 4.60. The quantitative estimate of drug-likeness (QED) is 0.702. The third-order valence-electron chi connectivity index (χ3n) is 5.19. The molecule has 1 nitrogen and oxygen atoms in total. The van der Waals surface area contributed by atoms with E-state index < -0.39 is 0 Å². The predicted molar refractivity (Wildman–Crippen MR) is 81.4 cm³/mol. The summed E-state index contributed by atoms with van der Waals surface area (Å²) < 4.78 is 6.30. The molecule has 2 atom stereocenters. The number of ether oxygens (including phenoxy) is 1. The van der Waals surface area contributed by atoms with Gasteiger partial charge in [0.15, 0.2) is 0 Å². The molecule has 2 saturated carbocycles. The molecule has 106 valence electrons. The van der Waals surface area contributed by atoms with E-state index in [-0.39, 0.29) is 0 Å². The van der Waals surface area contributed by atoms with Gasteiger partial charge in [-0.2, -0.15) is 12.6 Å². The molecule has 2 unspecified atom stereocenters. The highest BCUT2D eigenvalue weighted by atomic mass is 32.1. The molecule has 2 aliphatic rings. The topological polar surface area (TPSA) is 9.23 Å². The first-order valence-electron chi connectivity index (χ1n) is 8.00. The first-order chi connectivity index (χ1) is 8.78. The van der Waals surface area contributed by atoms with Gasteiger partial charge in [-0.1, -0.05) is 45.4 Å². The van der Waals surface area contributed by atoms with Crippen molar-refractivity contribution >= 4 is 12.6 Å². The number of hydrogen-bond acceptors (Lipinski definition) is 2. The SMILES string of the molecule is CCC1CCCC(OCC2(CS)CCCCC2)C1. The van der Waals surface area contributed by atoms with Crippen LogP contribution in [0.5, 0.6) is 0 Å². The molecule has 18 heavy (non-hydrogen) atoms. The largest absolute Gasteiger partial charge is 0.378 e. The fraction of sp³-hybridized carbons (Fsp3) is 1.00. The Hall–Kier alpha value is 0.310. The molecule has 0 aromatic rings. The van der Waals surface area contributed by atoms with E-state index in [0.29, 0.717) is 11.5 Å². The summed E-state index contributed by atoms with van der Waals surface area (Å²) in [6.07, 6.45) is 14.1. The Morgan fingerprint density at radius 2 is 1.89 bits per heavy atom. The van der Waals surface area contributed by atoms with Gasteiger partial charge in [0, 0.05) is 5.41 Å². The first kappa shape index (κ1) is 14.7. The van der Waals surface area contributed by atoms with Gasteiger partial charge in [-0.25, -0.2) is 0 Å². The van der Waals surface area contributed by atoms with Crippen LogP contribution in [0.4, 0.5) is 0 Å². The Labute approximate surface area is 118 Å². The average molecular weight is 270 g/mol. The molecule has 0 spiro atoms. The molecule has 0 radical (unpaired) electrons. The van der Waals surface area contributed by atoms with Crippen LogP contribution in [0.15, 0.2) is 0 Å². The van der Waals surface area contributed by atoms with Gasteiger partial charge in [-0.05, 0) is 37.4 Å². The molecule has 0 N–H and O–H groups in total. The van der Waals surface area contributed by atoms with Crippen molar-refractivity contribution in [3.63, 3.8) is 0 Å². The Kier molecular flexibility index (Phi) is 5.88. The van der Waals surface area contributed by atoms with Crippen LogP contribution < -0.4 is 0 Å². The van der Waals surface area contributed by atoms with Gasteiger partial charge >= 0.3 is 0 Å². The van der Waals surface area contributed by atoms with Crippen LogP contribution in [-0.2, 0) is 4.74 Å². The van der Waals surface area contributed by atoms with Crippen molar-refractivity contribution in [1.82, 2.24) is 0 Å². The second-order valence-corrected chi connectivity index (χ2v) is 6.91. The summed E-state index contributed by atoms with van der Waals surface area (Å²) in [6.45, 7) is 3.29. The molecule has 0 aromatic heterocycles. The van der Waals surface area contributed by atoms with Gasteiger partial charge < -0.3 is 4.74 Å². The van der Waals surface area contributed by atoms with Crippen molar-refractivity contribution in [2.75, 3.05) is 12.4 Å². The van der Waals surface area contributed by atoms with E-state index in [1.165, 1.54) is 64.2 Å². The summed E-state index contributed by atoms with van der Waals surface area (Å²) in [6, 6.07) is 0. The zero-order valence-electron chi connectivity index (χ0n) is 12.0. The van der Waals surface area contributed by atoms with Gasteiger partial charge in [0.25, 0.3) is 0 Å². The van der Waals surface area contributed by atoms with Crippen LogP contribution in [-0.4, -0.2) is 18.5 Å². The maximum Gasteiger partial charge on any atom is 0.0578 e. The maximum absolute atomic E-state index is 6.30. The van der Waals surface area contributed by atoms with Crippen LogP contribution >= 0.6 is 12.6 Å².